The summed E-state index contributed by atoms with van der Waals surface area (Å²) < 4.78 is 0. The normalized spacial score (nSPS) is 52.3. The van der Waals surface area contributed by atoms with E-state index in [0.717, 1.165) is 43.2 Å². The minimum Gasteiger partial charge on any atom is -0.393 e. The van der Waals surface area contributed by atoms with Gasteiger partial charge in [-0.05, 0) is 86.5 Å². The molecule has 7 atom stereocenters. The van der Waals surface area contributed by atoms with Crippen molar-refractivity contribution in [2.45, 2.75) is 84.3 Å². The van der Waals surface area contributed by atoms with Gasteiger partial charge in [0.2, 0.25) is 0 Å². The molecule has 0 radical (unpaired) electrons. The zero-order valence-electron chi connectivity index (χ0n) is 15.3. The molecule has 3 saturated carbocycles. The van der Waals surface area contributed by atoms with E-state index in [2.05, 4.69) is 32.2 Å². The smallest absolute Gasteiger partial charge is 0.0577 e. The molecule has 23 heavy (non-hydrogen) atoms. The fourth-order valence-corrected chi connectivity index (χ4v) is 7.22. The SMILES string of the molecule is CCN[C@H]1CC[C@H]2[C@@H]3CC=C4C[C@@H](O)CC[C@]4(C)[C@H]3CC[C@]12C. The Hall–Kier alpha value is -0.340. The first-order chi connectivity index (χ1) is 11.0. The highest BCUT2D eigenvalue weighted by Gasteiger charge is 2.58. The van der Waals surface area contributed by atoms with E-state index in [1.807, 2.05) is 0 Å². The number of aliphatic hydroxyl groups excluding tert-OH is 1. The highest BCUT2D eigenvalue weighted by atomic mass is 16.3. The highest BCUT2D eigenvalue weighted by molar-refractivity contribution is 5.25. The Balaban J connectivity index is 1.62. The molecule has 0 aromatic rings. The lowest BCUT2D eigenvalue weighted by Crippen LogP contribution is -2.53. The van der Waals surface area contributed by atoms with Crippen molar-refractivity contribution >= 4 is 0 Å². The van der Waals surface area contributed by atoms with Gasteiger partial charge in [0.1, 0.15) is 0 Å². The van der Waals surface area contributed by atoms with Crippen LogP contribution in [0.1, 0.15) is 72.1 Å². The topological polar surface area (TPSA) is 32.3 Å². The third kappa shape index (κ3) is 2.28. The van der Waals surface area contributed by atoms with Crippen molar-refractivity contribution in [3.05, 3.63) is 11.6 Å². The van der Waals surface area contributed by atoms with Crippen molar-refractivity contribution < 1.29 is 5.11 Å². The van der Waals surface area contributed by atoms with Gasteiger partial charge < -0.3 is 10.4 Å². The quantitative estimate of drug-likeness (QED) is 0.745. The van der Waals surface area contributed by atoms with Crippen LogP contribution in [0.15, 0.2) is 11.6 Å². The molecule has 0 unspecified atom stereocenters. The second-order valence-corrected chi connectivity index (χ2v) is 9.39. The summed E-state index contributed by atoms with van der Waals surface area (Å²) in [5.41, 5.74) is 2.51. The average molecular weight is 318 g/mol. The molecule has 4 aliphatic carbocycles. The maximum absolute atomic E-state index is 10.1. The molecular weight excluding hydrogens is 282 g/mol. The van der Waals surface area contributed by atoms with E-state index in [4.69, 9.17) is 0 Å². The summed E-state index contributed by atoms with van der Waals surface area (Å²) in [6.07, 6.45) is 12.5. The Kier molecular flexibility index (Phi) is 3.93. The number of hydrogen-bond donors (Lipinski definition) is 2. The van der Waals surface area contributed by atoms with Gasteiger partial charge in [0, 0.05) is 6.04 Å². The van der Waals surface area contributed by atoms with Crippen molar-refractivity contribution in [3.8, 4) is 0 Å². The van der Waals surface area contributed by atoms with Crippen LogP contribution in [0.5, 0.6) is 0 Å². The number of aliphatic hydroxyl groups is 1. The molecule has 0 aromatic heterocycles. The molecule has 0 amide bonds. The van der Waals surface area contributed by atoms with Gasteiger partial charge >= 0.3 is 0 Å². The maximum Gasteiger partial charge on any atom is 0.0577 e. The summed E-state index contributed by atoms with van der Waals surface area (Å²) in [5.74, 6) is 2.67. The van der Waals surface area contributed by atoms with Crippen LogP contribution in [0.25, 0.3) is 0 Å². The standard InChI is InChI=1S/C21H35NO/c1-4-22-19-8-7-17-16-6-5-14-13-15(23)9-11-20(14,2)18(16)10-12-21(17,19)3/h5,15-19,22-23H,4,6-13H2,1-3H3/t15-,16-,17-,18-,19-,20-,21-/m0/s1. The van der Waals surface area contributed by atoms with Crippen LogP contribution < -0.4 is 5.32 Å². The Bertz CT molecular complexity index is 500. The number of hydrogen-bond acceptors (Lipinski definition) is 2. The van der Waals surface area contributed by atoms with Crippen LogP contribution in [-0.2, 0) is 0 Å². The van der Waals surface area contributed by atoms with E-state index in [1.165, 1.54) is 38.5 Å². The predicted molar refractivity (Wildman–Crippen MR) is 95.2 cm³/mol. The Morgan fingerprint density at radius 3 is 2.74 bits per heavy atom. The van der Waals surface area contributed by atoms with Crippen LogP contribution in [0.4, 0.5) is 0 Å². The summed E-state index contributed by atoms with van der Waals surface area (Å²) in [7, 11) is 0. The fourth-order valence-electron chi connectivity index (χ4n) is 7.22. The van der Waals surface area contributed by atoms with Gasteiger partial charge in [-0.1, -0.05) is 32.4 Å². The van der Waals surface area contributed by atoms with Gasteiger partial charge in [0.15, 0.2) is 0 Å². The van der Waals surface area contributed by atoms with E-state index in [1.54, 1.807) is 5.57 Å². The van der Waals surface area contributed by atoms with Crippen LogP contribution >= 0.6 is 0 Å². The summed E-state index contributed by atoms with van der Waals surface area (Å²) in [6.45, 7) is 8.48. The van der Waals surface area contributed by atoms with Gasteiger partial charge in [-0.15, -0.1) is 0 Å². The fraction of sp³-hybridized carbons (Fsp3) is 0.905. The molecule has 0 aliphatic heterocycles. The largest absolute Gasteiger partial charge is 0.393 e. The van der Waals surface area contributed by atoms with Crippen molar-refractivity contribution in [2.75, 3.05) is 6.54 Å². The van der Waals surface area contributed by atoms with E-state index in [9.17, 15) is 5.11 Å². The molecule has 3 fully saturated rings. The zero-order valence-corrected chi connectivity index (χ0v) is 15.3. The Morgan fingerprint density at radius 2 is 1.96 bits per heavy atom. The monoisotopic (exact) mass is 317 g/mol. The predicted octanol–water partition coefficient (Wildman–Crippen LogP) is 4.29. The second kappa shape index (κ2) is 5.59. The van der Waals surface area contributed by atoms with E-state index < -0.39 is 0 Å². The number of fused-ring (bicyclic) bond motifs is 5. The van der Waals surface area contributed by atoms with Gasteiger partial charge in [-0.2, -0.15) is 0 Å². The van der Waals surface area contributed by atoms with E-state index >= 15 is 0 Å². The van der Waals surface area contributed by atoms with Crippen molar-refractivity contribution in [1.82, 2.24) is 5.32 Å². The first-order valence-electron chi connectivity index (χ1n) is 10.1. The first-order valence-corrected chi connectivity index (χ1v) is 10.1. The van der Waals surface area contributed by atoms with Gasteiger partial charge in [-0.25, -0.2) is 0 Å². The molecule has 0 heterocycles. The van der Waals surface area contributed by atoms with Crippen molar-refractivity contribution in [3.63, 3.8) is 0 Å². The van der Waals surface area contributed by atoms with Gasteiger partial charge in [0.05, 0.1) is 6.10 Å². The molecule has 0 bridgehead atoms. The number of allylic oxidation sites excluding steroid dienone is 1. The van der Waals surface area contributed by atoms with Crippen molar-refractivity contribution in [2.24, 2.45) is 28.6 Å². The summed E-state index contributed by atoms with van der Waals surface area (Å²) in [4.78, 5) is 0. The lowest BCUT2D eigenvalue weighted by atomic mass is 9.48. The third-order valence-corrected chi connectivity index (χ3v) is 8.53. The van der Waals surface area contributed by atoms with Crippen LogP contribution in [0.2, 0.25) is 0 Å². The molecule has 0 aromatic carbocycles. The first kappa shape index (κ1) is 16.1. The summed E-state index contributed by atoms with van der Waals surface area (Å²) in [5, 5.41) is 13.9. The molecule has 0 spiro atoms. The van der Waals surface area contributed by atoms with Gasteiger partial charge in [-0.3, -0.25) is 0 Å². The summed E-state index contributed by atoms with van der Waals surface area (Å²) in [6, 6.07) is 0.741. The van der Waals surface area contributed by atoms with Crippen LogP contribution in [-0.4, -0.2) is 23.8 Å². The molecule has 4 rings (SSSR count). The van der Waals surface area contributed by atoms with E-state index in [0.29, 0.717) is 10.8 Å². The van der Waals surface area contributed by atoms with E-state index in [-0.39, 0.29) is 6.10 Å². The maximum atomic E-state index is 10.1. The number of rotatable bonds is 2. The van der Waals surface area contributed by atoms with Crippen molar-refractivity contribution in [1.29, 1.82) is 0 Å². The zero-order chi connectivity index (χ0) is 16.2. The molecule has 4 aliphatic rings. The van der Waals surface area contributed by atoms with Crippen LogP contribution in [0.3, 0.4) is 0 Å². The lowest BCUT2D eigenvalue weighted by Gasteiger charge is -2.58. The minimum atomic E-state index is -0.0793. The molecule has 130 valence electrons. The highest BCUT2D eigenvalue weighted by Crippen LogP contribution is 2.64. The molecular formula is C21H35NO. The van der Waals surface area contributed by atoms with Gasteiger partial charge in [0.25, 0.3) is 0 Å². The minimum absolute atomic E-state index is 0.0793. The molecule has 0 saturated heterocycles. The van der Waals surface area contributed by atoms with Crippen LogP contribution in [0, 0.1) is 28.6 Å². The number of nitrogens with one attached hydrogen (secondary N) is 1. The second-order valence-electron chi connectivity index (χ2n) is 9.39. The average Bonchev–Trinajstić information content (AvgIpc) is 2.85. The lowest BCUT2D eigenvalue weighted by molar-refractivity contribution is -0.0431. The molecule has 2 heteroatoms. The Morgan fingerprint density at radius 1 is 1.13 bits per heavy atom. The molecule has 2 N–H and O–H groups in total. The Labute approximate surface area is 142 Å². The third-order valence-electron chi connectivity index (χ3n) is 8.53. The molecule has 2 nitrogen and oxygen atoms in total. The summed E-state index contributed by atoms with van der Waals surface area (Å²) >= 11 is 0.